The number of hydrogen-bond acceptors (Lipinski definition) is 3. The van der Waals surface area contributed by atoms with Gasteiger partial charge in [-0.15, -0.1) is 0 Å². The molecule has 2 rings (SSSR count). The molecule has 1 aliphatic rings. The van der Waals surface area contributed by atoms with Crippen molar-refractivity contribution in [3.05, 3.63) is 35.4 Å². The SMILES string of the molecule is CN1CCCC(NC(=O)c2ccccc2C#CCN)C1. The maximum Gasteiger partial charge on any atom is 0.252 e. The lowest BCUT2D eigenvalue weighted by Gasteiger charge is -2.30. The molecule has 1 unspecified atom stereocenters. The molecule has 1 amide bonds. The fourth-order valence-electron chi connectivity index (χ4n) is 2.48. The van der Waals surface area contributed by atoms with Gasteiger partial charge in [0.2, 0.25) is 0 Å². The molecule has 0 bridgehead atoms. The van der Waals surface area contributed by atoms with Crippen molar-refractivity contribution in [3.63, 3.8) is 0 Å². The molecule has 20 heavy (non-hydrogen) atoms. The number of nitrogens with one attached hydrogen (secondary N) is 1. The third kappa shape index (κ3) is 3.83. The molecule has 0 aliphatic carbocycles. The molecule has 0 radical (unpaired) electrons. The number of nitrogens with zero attached hydrogens (tertiary/aromatic N) is 1. The normalized spacial score (nSPS) is 19.0. The van der Waals surface area contributed by atoms with Gasteiger partial charge in [0.15, 0.2) is 0 Å². The predicted octanol–water partition coefficient (Wildman–Crippen LogP) is 0.821. The molecule has 4 nitrogen and oxygen atoms in total. The molecule has 1 heterocycles. The van der Waals surface area contributed by atoms with Gasteiger partial charge in [-0.3, -0.25) is 4.79 Å². The van der Waals surface area contributed by atoms with Crippen LogP contribution in [0, 0.1) is 11.8 Å². The second-order valence-corrected chi connectivity index (χ2v) is 5.13. The van der Waals surface area contributed by atoms with Gasteiger partial charge in [0.05, 0.1) is 12.1 Å². The highest BCUT2D eigenvalue weighted by atomic mass is 16.1. The number of carbonyl (C=O) groups excluding carboxylic acids is 1. The average molecular weight is 271 g/mol. The minimum atomic E-state index is -0.0489. The first kappa shape index (κ1) is 14.6. The first-order chi connectivity index (χ1) is 9.70. The van der Waals surface area contributed by atoms with Crippen molar-refractivity contribution in [1.82, 2.24) is 10.2 Å². The third-order valence-corrected chi connectivity index (χ3v) is 3.46. The second kappa shape index (κ2) is 7.09. The summed E-state index contributed by atoms with van der Waals surface area (Å²) in [5, 5.41) is 3.10. The fraction of sp³-hybridized carbons (Fsp3) is 0.438. The summed E-state index contributed by atoms with van der Waals surface area (Å²) in [6, 6.07) is 7.62. The molecule has 1 saturated heterocycles. The van der Waals surface area contributed by atoms with Crippen LogP contribution >= 0.6 is 0 Å². The number of rotatable bonds is 2. The number of carbonyl (C=O) groups is 1. The summed E-state index contributed by atoms with van der Waals surface area (Å²) in [4.78, 5) is 14.6. The van der Waals surface area contributed by atoms with E-state index < -0.39 is 0 Å². The Morgan fingerprint density at radius 3 is 3.05 bits per heavy atom. The summed E-state index contributed by atoms with van der Waals surface area (Å²) >= 11 is 0. The Bertz CT molecular complexity index is 530. The quantitative estimate of drug-likeness (QED) is 0.783. The molecular weight excluding hydrogens is 250 g/mol. The lowest BCUT2D eigenvalue weighted by Crippen LogP contribution is -2.46. The van der Waals surface area contributed by atoms with E-state index in [0.717, 1.165) is 31.5 Å². The molecule has 0 saturated carbocycles. The van der Waals surface area contributed by atoms with E-state index in [9.17, 15) is 4.79 Å². The smallest absolute Gasteiger partial charge is 0.252 e. The number of nitrogens with two attached hydrogens (primary N) is 1. The molecule has 1 fully saturated rings. The number of likely N-dealkylation sites (N-methyl/N-ethyl adjacent to an activating group) is 1. The lowest BCUT2D eigenvalue weighted by molar-refractivity contribution is 0.0912. The Kier molecular flexibility index (Phi) is 5.16. The highest BCUT2D eigenvalue weighted by molar-refractivity contribution is 5.96. The third-order valence-electron chi connectivity index (χ3n) is 3.46. The van der Waals surface area contributed by atoms with Gasteiger partial charge >= 0.3 is 0 Å². The highest BCUT2D eigenvalue weighted by Crippen LogP contribution is 2.11. The number of benzene rings is 1. The Balaban J connectivity index is 2.09. The predicted molar refractivity (Wildman–Crippen MR) is 80.4 cm³/mol. The van der Waals surface area contributed by atoms with E-state index in [1.165, 1.54) is 0 Å². The maximum absolute atomic E-state index is 12.4. The van der Waals surface area contributed by atoms with Crippen molar-refractivity contribution in [3.8, 4) is 11.8 Å². The molecule has 4 heteroatoms. The van der Waals surface area contributed by atoms with Crippen molar-refractivity contribution >= 4 is 5.91 Å². The minimum absolute atomic E-state index is 0.0489. The zero-order valence-corrected chi connectivity index (χ0v) is 11.9. The van der Waals surface area contributed by atoms with E-state index in [-0.39, 0.29) is 11.9 Å². The molecule has 106 valence electrons. The number of likely N-dealkylation sites (tertiary alicyclic amines) is 1. The van der Waals surface area contributed by atoms with E-state index in [1.807, 2.05) is 24.3 Å². The summed E-state index contributed by atoms with van der Waals surface area (Å²) in [6.45, 7) is 2.30. The Morgan fingerprint density at radius 1 is 1.50 bits per heavy atom. The Labute approximate surface area is 120 Å². The lowest BCUT2D eigenvalue weighted by atomic mass is 10.0. The van der Waals surface area contributed by atoms with Crippen molar-refractivity contribution in [2.24, 2.45) is 5.73 Å². The van der Waals surface area contributed by atoms with Gasteiger partial charge in [-0.25, -0.2) is 0 Å². The molecule has 0 aromatic heterocycles. The number of hydrogen-bond donors (Lipinski definition) is 2. The van der Waals surface area contributed by atoms with E-state index in [2.05, 4.69) is 29.1 Å². The van der Waals surface area contributed by atoms with Crippen LogP contribution in [0.4, 0.5) is 0 Å². The van der Waals surface area contributed by atoms with E-state index in [1.54, 1.807) is 0 Å². The van der Waals surface area contributed by atoms with Crippen LogP contribution in [0.5, 0.6) is 0 Å². The van der Waals surface area contributed by atoms with Crippen molar-refractivity contribution in [2.45, 2.75) is 18.9 Å². The van der Waals surface area contributed by atoms with Gasteiger partial charge < -0.3 is 16.0 Å². The largest absolute Gasteiger partial charge is 0.348 e. The molecular formula is C16H21N3O. The van der Waals surface area contributed by atoms with Gasteiger partial charge in [0.25, 0.3) is 5.91 Å². The van der Waals surface area contributed by atoms with Gasteiger partial charge in [-0.05, 0) is 38.6 Å². The first-order valence-corrected chi connectivity index (χ1v) is 6.98. The van der Waals surface area contributed by atoms with Gasteiger partial charge in [0, 0.05) is 18.2 Å². The average Bonchev–Trinajstić information content (AvgIpc) is 2.45. The zero-order valence-electron chi connectivity index (χ0n) is 11.9. The summed E-state index contributed by atoms with van der Waals surface area (Å²) in [6.07, 6.45) is 2.16. The Morgan fingerprint density at radius 2 is 2.30 bits per heavy atom. The van der Waals surface area contributed by atoms with Crippen LogP contribution in [0.25, 0.3) is 0 Å². The molecule has 1 aliphatic heterocycles. The topological polar surface area (TPSA) is 58.4 Å². The van der Waals surface area contributed by atoms with Crippen molar-refractivity contribution in [2.75, 3.05) is 26.7 Å². The van der Waals surface area contributed by atoms with E-state index in [0.29, 0.717) is 12.1 Å². The summed E-state index contributed by atoms with van der Waals surface area (Å²) < 4.78 is 0. The molecule has 3 N–H and O–H groups in total. The number of amides is 1. The van der Waals surface area contributed by atoms with Crippen LogP contribution in [-0.4, -0.2) is 43.5 Å². The van der Waals surface area contributed by atoms with Crippen molar-refractivity contribution in [1.29, 1.82) is 0 Å². The van der Waals surface area contributed by atoms with Crippen LogP contribution in [-0.2, 0) is 0 Å². The standard InChI is InChI=1S/C16H21N3O/c1-19-11-5-8-14(12-19)18-16(20)15-9-3-2-6-13(15)7-4-10-17/h2-3,6,9,14H,5,8,10-12,17H2,1H3,(H,18,20). The van der Waals surface area contributed by atoms with Gasteiger partial charge in [0.1, 0.15) is 0 Å². The van der Waals surface area contributed by atoms with E-state index in [4.69, 9.17) is 5.73 Å². The molecule has 1 aromatic rings. The molecule has 0 spiro atoms. The molecule has 1 atom stereocenters. The summed E-state index contributed by atoms with van der Waals surface area (Å²) in [7, 11) is 2.08. The maximum atomic E-state index is 12.4. The summed E-state index contributed by atoms with van der Waals surface area (Å²) in [5.74, 6) is 5.70. The molecule has 1 aromatic carbocycles. The van der Waals surface area contributed by atoms with Crippen LogP contribution < -0.4 is 11.1 Å². The van der Waals surface area contributed by atoms with Crippen LogP contribution in [0.3, 0.4) is 0 Å². The Hall–Kier alpha value is -1.83. The number of piperidine rings is 1. The van der Waals surface area contributed by atoms with E-state index >= 15 is 0 Å². The second-order valence-electron chi connectivity index (χ2n) is 5.13. The first-order valence-electron chi connectivity index (χ1n) is 6.98. The minimum Gasteiger partial charge on any atom is -0.348 e. The van der Waals surface area contributed by atoms with Crippen molar-refractivity contribution < 1.29 is 4.79 Å². The fourth-order valence-corrected chi connectivity index (χ4v) is 2.48. The summed E-state index contributed by atoms with van der Waals surface area (Å²) in [5.41, 5.74) is 6.75. The van der Waals surface area contributed by atoms with Gasteiger partial charge in [-0.1, -0.05) is 24.0 Å². The van der Waals surface area contributed by atoms with Crippen LogP contribution in [0.15, 0.2) is 24.3 Å². The zero-order chi connectivity index (χ0) is 14.4. The highest BCUT2D eigenvalue weighted by Gasteiger charge is 2.20. The van der Waals surface area contributed by atoms with Gasteiger partial charge in [-0.2, -0.15) is 0 Å². The van der Waals surface area contributed by atoms with Crippen LogP contribution in [0.1, 0.15) is 28.8 Å². The monoisotopic (exact) mass is 271 g/mol. The van der Waals surface area contributed by atoms with Crippen LogP contribution in [0.2, 0.25) is 0 Å².